The number of rotatable bonds is 7. The Morgan fingerprint density at radius 3 is 2.62 bits per heavy atom. The van der Waals surface area contributed by atoms with E-state index in [1.54, 1.807) is 0 Å². The molecule has 0 unspecified atom stereocenters. The average molecular weight is 361 g/mol. The molecule has 0 aromatic carbocycles. The first-order chi connectivity index (χ1) is 11.4. The van der Waals surface area contributed by atoms with E-state index in [2.05, 4.69) is 19.8 Å². The van der Waals surface area contributed by atoms with Crippen molar-refractivity contribution < 1.29 is 23.1 Å². The summed E-state index contributed by atoms with van der Waals surface area (Å²) in [5.41, 5.74) is 5.29. The predicted molar refractivity (Wildman–Crippen MR) is 85.4 cm³/mol. The van der Waals surface area contributed by atoms with Gasteiger partial charge in [0.1, 0.15) is 4.90 Å². The minimum absolute atomic E-state index is 0.0131. The van der Waals surface area contributed by atoms with E-state index in [9.17, 15) is 13.2 Å². The second kappa shape index (κ2) is 10.0. The van der Waals surface area contributed by atoms with Crippen molar-refractivity contribution in [1.29, 1.82) is 0 Å². The zero-order valence-corrected chi connectivity index (χ0v) is 14.0. The molecule has 2 rings (SSSR count). The van der Waals surface area contributed by atoms with Crippen LogP contribution >= 0.6 is 0 Å². The van der Waals surface area contributed by atoms with Crippen LogP contribution in [-0.2, 0) is 19.6 Å². The highest BCUT2D eigenvalue weighted by Crippen LogP contribution is 2.16. The summed E-state index contributed by atoms with van der Waals surface area (Å²) in [4.78, 5) is 21.8. The van der Waals surface area contributed by atoms with E-state index in [1.165, 1.54) is 12.4 Å². The van der Waals surface area contributed by atoms with E-state index >= 15 is 0 Å². The molecule has 0 bridgehead atoms. The lowest BCUT2D eigenvalue weighted by atomic mass is 9.96. The summed E-state index contributed by atoms with van der Waals surface area (Å²) in [6.07, 6.45) is 4.92. The lowest BCUT2D eigenvalue weighted by Gasteiger charge is -2.30. The van der Waals surface area contributed by atoms with Gasteiger partial charge in [0.05, 0.1) is 6.20 Å². The van der Waals surface area contributed by atoms with Crippen molar-refractivity contribution in [2.75, 3.05) is 26.2 Å². The molecule has 1 fully saturated rings. The van der Waals surface area contributed by atoms with E-state index in [0.29, 0.717) is 6.54 Å². The molecule has 136 valence electrons. The molecule has 1 aromatic heterocycles. The minimum Gasteiger partial charge on any atom is -0.483 e. The maximum Gasteiger partial charge on any atom is 0.290 e. The van der Waals surface area contributed by atoms with Crippen molar-refractivity contribution in [3.8, 4) is 0 Å². The second-order valence-electron chi connectivity index (χ2n) is 5.31. The molecule has 1 aliphatic rings. The normalized spacial score (nSPS) is 16.2. The molecule has 1 aliphatic heterocycles. The summed E-state index contributed by atoms with van der Waals surface area (Å²) >= 11 is 0. The standard InChI is InChI=1S/C12H21N5O3S.CH2O2/c13-12(18)10-2-6-17(7-3-10)5-1-4-16-21(19,20)11-8-14-15-9-11;2-1-3/h8-10,16H,1-7H2,(H2,13,18)(H,14,15);1H,(H,2,3). The fourth-order valence-electron chi connectivity index (χ4n) is 2.42. The molecule has 11 heteroatoms. The lowest BCUT2D eigenvalue weighted by molar-refractivity contribution is -0.123. The van der Waals surface area contributed by atoms with Gasteiger partial charge in [0.15, 0.2) is 0 Å². The number of likely N-dealkylation sites (tertiary alicyclic amines) is 1. The van der Waals surface area contributed by atoms with Gasteiger partial charge < -0.3 is 15.7 Å². The molecule has 10 nitrogen and oxygen atoms in total. The van der Waals surface area contributed by atoms with Gasteiger partial charge in [0.2, 0.25) is 15.9 Å². The van der Waals surface area contributed by atoms with Crippen LogP contribution in [0.1, 0.15) is 19.3 Å². The van der Waals surface area contributed by atoms with E-state index in [0.717, 1.165) is 38.9 Å². The van der Waals surface area contributed by atoms with Crippen molar-refractivity contribution in [3.63, 3.8) is 0 Å². The molecule has 1 amide bonds. The zero-order valence-electron chi connectivity index (χ0n) is 13.2. The van der Waals surface area contributed by atoms with Gasteiger partial charge in [-0.05, 0) is 38.9 Å². The number of nitrogens with zero attached hydrogens (tertiary/aromatic N) is 2. The second-order valence-corrected chi connectivity index (χ2v) is 7.08. The monoisotopic (exact) mass is 361 g/mol. The minimum atomic E-state index is -3.46. The molecule has 0 saturated carbocycles. The number of nitrogens with two attached hydrogens (primary N) is 1. The van der Waals surface area contributed by atoms with Crippen molar-refractivity contribution in [2.45, 2.75) is 24.2 Å². The molecule has 1 saturated heterocycles. The van der Waals surface area contributed by atoms with Crippen LogP contribution in [0.15, 0.2) is 17.3 Å². The van der Waals surface area contributed by atoms with E-state index < -0.39 is 10.0 Å². The predicted octanol–water partition coefficient (Wildman–Crippen LogP) is -1.02. The first-order valence-electron chi connectivity index (χ1n) is 7.48. The van der Waals surface area contributed by atoms with Crippen LogP contribution < -0.4 is 10.5 Å². The van der Waals surface area contributed by atoms with Crippen LogP contribution in [0, 0.1) is 5.92 Å². The molecule has 1 aromatic rings. The number of primary amides is 1. The SMILES string of the molecule is NC(=O)C1CCN(CCCNS(=O)(=O)c2cn[nH]c2)CC1.O=CO. The molecular weight excluding hydrogens is 338 g/mol. The van der Waals surface area contributed by atoms with Gasteiger partial charge in [0, 0.05) is 18.7 Å². The quantitative estimate of drug-likeness (QED) is 0.357. The summed E-state index contributed by atoms with van der Waals surface area (Å²) in [5, 5.41) is 13.0. The largest absolute Gasteiger partial charge is 0.483 e. The smallest absolute Gasteiger partial charge is 0.290 e. The third kappa shape index (κ3) is 6.64. The Bertz CT molecular complexity index is 596. The Balaban J connectivity index is 0.000000891. The van der Waals surface area contributed by atoms with Crippen LogP contribution in [0.3, 0.4) is 0 Å². The van der Waals surface area contributed by atoms with E-state index in [4.69, 9.17) is 15.6 Å². The Morgan fingerprint density at radius 2 is 2.12 bits per heavy atom. The molecule has 0 aliphatic carbocycles. The fourth-order valence-corrected chi connectivity index (χ4v) is 3.40. The lowest BCUT2D eigenvalue weighted by Crippen LogP contribution is -2.39. The molecule has 0 atom stereocenters. The third-order valence-corrected chi connectivity index (χ3v) is 5.14. The van der Waals surface area contributed by atoms with Gasteiger partial charge in [-0.3, -0.25) is 14.7 Å². The van der Waals surface area contributed by atoms with Crippen molar-refractivity contribution in [3.05, 3.63) is 12.4 Å². The number of amides is 1. The first-order valence-corrected chi connectivity index (χ1v) is 8.97. The van der Waals surface area contributed by atoms with Crippen LogP contribution in [0.5, 0.6) is 0 Å². The summed E-state index contributed by atoms with van der Waals surface area (Å²) < 4.78 is 26.2. The van der Waals surface area contributed by atoms with Gasteiger partial charge in [-0.2, -0.15) is 5.10 Å². The molecule has 5 N–H and O–H groups in total. The highest BCUT2D eigenvalue weighted by Gasteiger charge is 2.22. The maximum absolute atomic E-state index is 11.8. The van der Waals surface area contributed by atoms with E-state index in [1.807, 2.05) is 0 Å². The summed E-state index contributed by atoms with van der Waals surface area (Å²) in [6, 6.07) is 0. The average Bonchev–Trinajstić information content (AvgIpc) is 3.08. The summed E-state index contributed by atoms with van der Waals surface area (Å²) in [5.74, 6) is -0.233. The summed E-state index contributed by atoms with van der Waals surface area (Å²) in [6.45, 7) is 2.60. The Kier molecular flexibility index (Phi) is 8.36. The number of hydrogen-bond acceptors (Lipinski definition) is 6. The Morgan fingerprint density at radius 1 is 1.50 bits per heavy atom. The molecule has 2 heterocycles. The van der Waals surface area contributed by atoms with Gasteiger partial charge >= 0.3 is 0 Å². The topological polar surface area (TPSA) is 158 Å². The van der Waals surface area contributed by atoms with Crippen molar-refractivity contribution in [1.82, 2.24) is 19.8 Å². The van der Waals surface area contributed by atoms with Gasteiger partial charge in [-0.1, -0.05) is 0 Å². The van der Waals surface area contributed by atoms with Crippen LogP contribution in [-0.4, -0.2) is 67.2 Å². The Labute approximate surface area is 140 Å². The number of H-pyrrole nitrogens is 1. The number of aromatic nitrogens is 2. The van der Waals surface area contributed by atoms with E-state index in [-0.39, 0.29) is 23.2 Å². The van der Waals surface area contributed by atoms with Crippen LogP contribution in [0.2, 0.25) is 0 Å². The van der Waals surface area contributed by atoms with Crippen molar-refractivity contribution in [2.24, 2.45) is 11.7 Å². The molecule has 0 spiro atoms. The number of nitrogens with one attached hydrogen (secondary N) is 2. The number of aromatic amines is 1. The highest BCUT2D eigenvalue weighted by molar-refractivity contribution is 7.89. The highest BCUT2D eigenvalue weighted by atomic mass is 32.2. The molecule has 0 radical (unpaired) electrons. The van der Waals surface area contributed by atoms with Crippen molar-refractivity contribution >= 4 is 22.4 Å². The van der Waals surface area contributed by atoms with Crippen LogP contribution in [0.25, 0.3) is 0 Å². The Hall–Kier alpha value is -1.98. The molecule has 24 heavy (non-hydrogen) atoms. The van der Waals surface area contributed by atoms with Gasteiger partial charge in [-0.15, -0.1) is 0 Å². The van der Waals surface area contributed by atoms with Gasteiger partial charge in [-0.25, -0.2) is 13.1 Å². The van der Waals surface area contributed by atoms with Gasteiger partial charge in [0.25, 0.3) is 6.47 Å². The zero-order chi connectivity index (χ0) is 18.0. The number of carbonyl (C=O) groups is 2. The molecular formula is C13H23N5O5S. The number of carbonyl (C=O) groups excluding carboxylic acids is 1. The third-order valence-electron chi connectivity index (χ3n) is 3.72. The fraction of sp³-hybridized carbons (Fsp3) is 0.615. The number of piperidine rings is 1. The van der Waals surface area contributed by atoms with Crippen LogP contribution in [0.4, 0.5) is 0 Å². The number of hydrogen-bond donors (Lipinski definition) is 4. The number of sulfonamides is 1. The first kappa shape index (κ1) is 20.1. The summed E-state index contributed by atoms with van der Waals surface area (Å²) in [7, 11) is -3.46. The maximum atomic E-state index is 11.8. The number of carboxylic acid groups (broad SMARTS) is 1.